The number of allylic oxidation sites excluding steroid dienone is 2. The van der Waals surface area contributed by atoms with Crippen molar-refractivity contribution >= 4 is 5.78 Å². The molecule has 0 radical (unpaired) electrons. The van der Waals surface area contributed by atoms with Crippen LogP contribution in [-0.4, -0.2) is 30.1 Å². The van der Waals surface area contributed by atoms with Gasteiger partial charge in [0, 0.05) is 12.3 Å². The number of rotatable bonds is 0. The van der Waals surface area contributed by atoms with Gasteiger partial charge in [-0.15, -0.1) is 0 Å². The fraction of sp³-hybridized carbons (Fsp3) is 0.812. The molecule has 3 fully saturated rings. The zero-order valence-corrected chi connectivity index (χ0v) is 12.3. The van der Waals surface area contributed by atoms with E-state index in [2.05, 4.69) is 6.92 Å². The number of carbonyl (C=O) groups excluding carboxylic acids is 1. The van der Waals surface area contributed by atoms with Gasteiger partial charge in [-0.3, -0.25) is 4.79 Å². The van der Waals surface area contributed by atoms with E-state index >= 15 is 0 Å². The van der Waals surface area contributed by atoms with Crippen LogP contribution in [0.4, 0.5) is 0 Å². The molecule has 4 nitrogen and oxygen atoms in total. The normalized spacial score (nSPS) is 49.4. The monoisotopic (exact) mass is 278 g/mol. The maximum atomic E-state index is 11.8. The largest absolute Gasteiger partial charge is 0.346 e. The number of fused-ring (bicyclic) bond motifs is 5. The van der Waals surface area contributed by atoms with E-state index in [9.17, 15) is 4.79 Å². The highest BCUT2D eigenvalue weighted by atomic mass is 16.8. The van der Waals surface area contributed by atoms with Crippen molar-refractivity contribution in [2.24, 2.45) is 17.8 Å². The summed E-state index contributed by atoms with van der Waals surface area (Å²) in [6.45, 7) is 5.97. The van der Waals surface area contributed by atoms with Gasteiger partial charge < -0.3 is 14.2 Å². The number of carbonyl (C=O) groups is 1. The Morgan fingerprint density at radius 1 is 1.25 bits per heavy atom. The van der Waals surface area contributed by atoms with Crippen LogP contribution in [0.1, 0.15) is 40.0 Å². The van der Waals surface area contributed by atoms with Gasteiger partial charge in [0.1, 0.15) is 6.10 Å². The number of hydrogen-bond acceptors (Lipinski definition) is 4. The molecule has 4 aliphatic rings. The van der Waals surface area contributed by atoms with Gasteiger partial charge in [0.25, 0.3) is 0 Å². The molecule has 2 heterocycles. The Morgan fingerprint density at radius 3 is 2.85 bits per heavy atom. The van der Waals surface area contributed by atoms with E-state index in [1.807, 2.05) is 19.9 Å². The lowest BCUT2D eigenvalue weighted by Crippen LogP contribution is -2.44. The summed E-state index contributed by atoms with van der Waals surface area (Å²) >= 11 is 0. The van der Waals surface area contributed by atoms with Crippen LogP contribution in [0, 0.1) is 17.8 Å². The molecule has 0 aromatic rings. The summed E-state index contributed by atoms with van der Waals surface area (Å²) in [5, 5.41) is 0. The van der Waals surface area contributed by atoms with E-state index in [-0.39, 0.29) is 24.3 Å². The Labute approximate surface area is 119 Å². The molecule has 0 unspecified atom stereocenters. The lowest BCUT2D eigenvalue weighted by atomic mass is 9.63. The zero-order valence-electron chi connectivity index (χ0n) is 12.3. The van der Waals surface area contributed by atoms with Crippen molar-refractivity contribution in [3.63, 3.8) is 0 Å². The van der Waals surface area contributed by atoms with Gasteiger partial charge in [0.05, 0.1) is 6.10 Å². The average molecular weight is 278 g/mol. The van der Waals surface area contributed by atoms with Crippen molar-refractivity contribution in [1.82, 2.24) is 0 Å². The Bertz CT molecular complexity index is 481. The van der Waals surface area contributed by atoms with Crippen molar-refractivity contribution in [2.75, 3.05) is 0 Å². The highest BCUT2D eigenvalue weighted by molar-refractivity contribution is 5.91. The summed E-state index contributed by atoms with van der Waals surface area (Å²) < 4.78 is 18.1. The lowest BCUT2D eigenvalue weighted by molar-refractivity contribution is -0.216. The molecule has 0 N–H and O–H groups in total. The zero-order chi connectivity index (χ0) is 14.1. The molecule has 0 aromatic carbocycles. The number of ketones is 1. The molecule has 20 heavy (non-hydrogen) atoms. The molecular weight excluding hydrogens is 256 g/mol. The summed E-state index contributed by atoms with van der Waals surface area (Å²) in [5.41, 5.74) is 1.21. The van der Waals surface area contributed by atoms with Gasteiger partial charge >= 0.3 is 0 Å². The van der Waals surface area contributed by atoms with Gasteiger partial charge in [0.2, 0.25) is 0 Å². The Kier molecular flexibility index (Phi) is 2.70. The molecule has 4 heteroatoms. The van der Waals surface area contributed by atoms with Gasteiger partial charge in [0.15, 0.2) is 17.9 Å². The summed E-state index contributed by atoms with van der Waals surface area (Å²) in [7, 11) is 0. The van der Waals surface area contributed by atoms with Gasteiger partial charge in [-0.2, -0.15) is 0 Å². The predicted molar refractivity (Wildman–Crippen MR) is 71.8 cm³/mol. The molecule has 6 atom stereocenters. The van der Waals surface area contributed by atoms with Crippen LogP contribution in [0.15, 0.2) is 11.6 Å². The molecule has 2 aliphatic heterocycles. The predicted octanol–water partition coefficient (Wildman–Crippen LogP) is 2.42. The first-order valence-electron chi connectivity index (χ1n) is 7.67. The quantitative estimate of drug-likeness (QED) is 0.682. The highest BCUT2D eigenvalue weighted by Gasteiger charge is 2.59. The van der Waals surface area contributed by atoms with Crippen LogP contribution in [0.2, 0.25) is 0 Å². The second-order valence-electron chi connectivity index (χ2n) is 7.14. The summed E-state index contributed by atoms with van der Waals surface area (Å²) in [4.78, 5) is 11.8. The minimum absolute atomic E-state index is 0.0133. The van der Waals surface area contributed by atoms with E-state index in [0.717, 1.165) is 12.8 Å². The Balaban J connectivity index is 1.67. The number of ether oxygens (including phenoxy) is 3. The van der Waals surface area contributed by atoms with Crippen LogP contribution in [0.5, 0.6) is 0 Å². The maximum Gasteiger partial charge on any atom is 0.187 e. The van der Waals surface area contributed by atoms with Gasteiger partial charge in [-0.05, 0) is 51.5 Å². The third kappa shape index (κ3) is 1.81. The lowest BCUT2D eigenvalue weighted by Gasteiger charge is -2.43. The minimum Gasteiger partial charge on any atom is -0.346 e. The first-order valence-corrected chi connectivity index (χ1v) is 7.67. The highest BCUT2D eigenvalue weighted by Crippen LogP contribution is 2.53. The van der Waals surface area contributed by atoms with Crippen molar-refractivity contribution in [3.8, 4) is 0 Å². The SMILES string of the molecule is CC1=CC(=O)C[C@H]2CC[C@H]3O[C@@H]4OC(C)(C)O[C@@H]4[C@@H]3[C@@H]12. The molecule has 4 rings (SSSR count). The standard InChI is InChI=1S/C16H22O4/c1-8-6-10(17)7-9-4-5-11-13(12(8)9)14-15(18-11)20-16(2,3)19-14/h6,9,11-15H,4-5,7H2,1-3H3/t9-,11-,12+,13+,14-,15-/m1/s1. The van der Waals surface area contributed by atoms with E-state index in [0.29, 0.717) is 24.2 Å². The van der Waals surface area contributed by atoms with Crippen molar-refractivity contribution in [1.29, 1.82) is 0 Å². The average Bonchev–Trinajstić information content (AvgIpc) is 2.80. The third-order valence-electron chi connectivity index (χ3n) is 5.33. The topological polar surface area (TPSA) is 44.8 Å². The van der Waals surface area contributed by atoms with Crippen molar-refractivity contribution < 1.29 is 19.0 Å². The third-order valence-corrected chi connectivity index (χ3v) is 5.33. The van der Waals surface area contributed by atoms with Gasteiger partial charge in [-0.1, -0.05) is 5.57 Å². The first-order chi connectivity index (χ1) is 9.44. The summed E-state index contributed by atoms with van der Waals surface area (Å²) in [6, 6.07) is 0. The van der Waals surface area contributed by atoms with E-state index in [1.165, 1.54) is 5.57 Å². The van der Waals surface area contributed by atoms with E-state index in [4.69, 9.17) is 14.2 Å². The van der Waals surface area contributed by atoms with E-state index in [1.54, 1.807) is 0 Å². The molecule has 0 bridgehead atoms. The second-order valence-corrected chi connectivity index (χ2v) is 7.14. The van der Waals surface area contributed by atoms with E-state index < -0.39 is 5.79 Å². The molecule has 2 aliphatic carbocycles. The van der Waals surface area contributed by atoms with Crippen molar-refractivity contribution in [2.45, 2.75) is 64.3 Å². The molecule has 2 saturated heterocycles. The fourth-order valence-electron chi connectivity index (χ4n) is 4.74. The number of hydrogen-bond donors (Lipinski definition) is 0. The van der Waals surface area contributed by atoms with Crippen LogP contribution in [-0.2, 0) is 19.0 Å². The van der Waals surface area contributed by atoms with Crippen LogP contribution < -0.4 is 0 Å². The Morgan fingerprint density at radius 2 is 2.05 bits per heavy atom. The van der Waals surface area contributed by atoms with Crippen LogP contribution in [0.3, 0.4) is 0 Å². The van der Waals surface area contributed by atoms with Crippen LogP contribution in [0.25, 0.3) is 0 Å². The second kappa shape index (κ2) is 4.15. The first kappa shape index (κ1) is 13.0. The molecule has 0 aromatic heterocycles. The smallest absolute Gasteiger partial charge is 0.187 e. The van der Waals surface area contributed by atoms with Crippen LogP contribution >= 0.6 is 0 Å². The Hall–Kier alpha value is -0.710. The summed E-state index contributed by atoms with van der Waals surface area (Å²) in [5.74, 6) is 0.934. The molecule has 110 valence electrons. The molecule has 0 spiro atoms. The molecule has 1 saturated carbocycles. The molecular formula is C16H22O4. The van der Waals surface area contributed by atoms with Crippen molar-refractivity contribution in [3.05, 3.63) is 11.6 Å². The fourth-order valence-corrected chi connectivity index (χ4v) is 4.74. The van der Waals surface area contributed by atoms with Gasteiger partial charge in [-0.25, -0.2) is 0 Å². The summed E-state index contributed by atoms with van der Waals surface area (Å²) in [6.07, 6.45) is 4.62. The maximum absolute atomic E-state index is 11.8. The minimum atomic E-state index is -0.560. The molecule has 0 amide bonds.